The normalized spacial score (nSPS) is 16.6. The number of carbonyl (C=O) groups excluding carboxylic acids is 1. The lowest BCUT2D eigenvalue weighted by molar-refractivity contribution is -0.129. The van der Waals surface area contributed by atoms with E-state index in [-0.39, 0.29) is 12.0 Å². The third kappa shape index (κ3) is 4.56. The second kappa shape index (κ2) is 9.05. The van der Waals surface area contributed by atoms with Crippen LogP contribution < -0.4 is 4.74 Å². The number of benzene rings is 1. The Bertz CT molecular complexity index is 713. The van der Waals surface area contributed by atoms with Crippen LogP contribution in [0.3, 0.4) is 0 Å². The molecule has 3 rings (SSSR count). The van der Waals surface area contributed by atoms with Gasteiger partial charge in [-0.3, -0.25) is 9.36 Å². The number of ether oxygens (including phenoxy) is 2. The standard InChI is InChI=1S/C18H24N4O3S/c1-3-21(11-16-5-4-10-25-16)17(23)12-26-18-20-19-13-22(18)14-6-8-15(24-2)9-7-14/h6-9,13,16H,3-5,10-12H2,1-2H3/t16-/m0/s1. The highest BCUT2D eigenvalue weighted by Crippen LogP contribution is 2.22. The van der Waals surface area contributed by atoms with E-state index in [2.05, 4.69) is 10.2 Å². The molecule has 0 spiro atoms. The van der Waals surface area contributed by atoms with E-state index in [4.69, 9.17) is 9.47 Å². The molecule has 26 heavy (non-hydrogen) atoms. The topological polar surface area (TPSA) is 69.5 Å². The van der Waals surface area contributed by atoms with Crippen molar-refractivity contribution in [1.29, 1.82) is 0 Å². The van der Waals surface area contributed by atoms with Crippen molar-refractivity contribution in [1.82, 2.24) is 19.7 Å². The van der Waals surface area contributed by atoms with E-state index in [9.17, 15) is 4.79 Å². The fraction of sp³-hybridized carbons (Fsp3) is 0.500. The fourth-order valence-electron chi connectivity index (χ4n) is 2.90. The first-order valence-corrected chi connectivity index (χ1v) is 9.76. The summed E-state index contributed by atoms with van der Waals surface area (Å²) < 4.78 is 12.7. The first-order chi connectivity index (χ1) is 12.7. The van der Waals surface area contributed by atoms with E-state index in [0.717, 1.165) is 30.9 Å². The Hall–Kier alpha value is -2.06. The highest BCUT2D eigenvalue weighted by Gasteiger charge is 2.22. The van der Waals surface area contributed by atoms with E-state index in [1.165, 1.54) is 11.8 Å². The van der Waals surface area contributed by atoms with Crippen LogP contribution in [0.25, 0.3) is 5.69 Å². The summed E-state index contributed by atoms with van der Waals surface area (Å²) in [5.74, 6) is 1.21. The lowest BCUT2D eigenvalue weighted by Crippen LogP contribution is -2.38. The summed E-state index contributed by atoms with van der Waals surface area (Å²) >= 11 is 1.39. The second-order valence-corrected chi connectivity index (χ2v) is 6.98. The van der Waals surface area contributed by atoms with E-state index in [1.54, 1.807) is 13.4 Å². The maximum atomic E-state index is 12.6. The molecule has 1 amide bonds. The molecule has 140 valence electrons. The number of thioether (sulfide) groups is 1. The predicted octanol–water partition coefficient (Wildman–Crippen LogP) is 2.40. The molecule has 0 aliphatic carbocycles. The van der Waals surface area contributed by atoms with Crippen molar-refractivity contribution in [3.8, 4) is 11.4 Å². The monoisotopic (exact) mass is 376 g/mol. The number of aromatic nitrogens is 3. The van der Waals surface area contributed by atoms with Crippen molar-refractivity contribution in [2.24, 2.45) is 0 Å². The van der Waals surface area contributed by atoms with Crippen molar-refractivity contribution >= 4 is 17.7 Å². The highest BCUT2D eigenvalue weighted by molar-refractivity contribution is 7.99. The zero-order chi connectivity index (χ0) is 18.4. The number of carbonyl (C=O) groups is 1. The highest BCUT2D eigenvalue weighted by atomic mass is 32.2. The first-order valence-electron chi connectivity index (χ1n) is 8.78. The molecule has 2 aromatic rings. The number of hydrogen-bond donors (Lipinski definition) is 0. The van der Waals surface area contributed by atoms with Crippen molar-refractivity contribution < 1.29 is 14.3 Å². The van der Waals surface area contributed by atoms with Gasteiger partial charge in [0.1, 0.15) is 12.1 Å². The van der Waals surface area contributed by atoms with E-state index < -0.39 is 0 Å². The predicted molar refractivity (Wildman–Crippen MR) is 99.9 cm³/mol. The molecule has 0 saturated carbocycles. The third-order valence-electron chi connectivity index (χ3n) is 4.37. The molecule has 1 aliphatic rings. The number of rotatable bonds is 8. The van der Waals surface area contributed by atoms with Crippen LogP contribution in [0.1, 0.15) is 19.8 Å². The largest absolute Gasteiger partial charge is 0.497 e. The molecule has 7 nitrogen and oxygen atoms in total. The molecule has 2 heterocycles. The molecule has 1 aromatic carbocycles. The van der Waals surface area contributed by atoms with Gasteiger partial charge in [-0.2, -0.15) is 0 Å². The third-order valence-corrected chi connectivity index (χ3v) is 5.30. The van der Waals surface area contributed by atoms with Gasteiger partial charge in [-0.05, 0) is 44.0 Å². The van der Waals surface area contributed by atoms with E-state index >= 15 is 0 Å². The van der Waals surface area contributed by atoms with Crippen molar-refractivity contribution in [2.45, 2.75) is 31.0 Å². The van der Waals surface area contributed by atoms with Crippen LogP contribution in [0.15, 0.2) is 35.7 Å². The Balaban J connectivity index is 1.60. The summed E-state index contributed by atoms with van der Waals surface area (Å²) in [7, 11) is 1.64. The van der Waals surface area contributed by atoms with Gasteiger partial charge in [0.05, 0.1) is 19.0 Å². The molecule has 0 radical (unpaired) electrons. The van der Waals surface area contributed by atoms with Crippen LogP contribution >= 0.6 is 11.8 Å². The van der Waals surface area contributed by atoms with Crippen LogP contribution in [-0.2, 0) is 9.53 Å². The van der Waals surface area contributed by atoms with Gasteiger partial charge < -0.3 is 14.4 Å². The van der Waals surface area contributed by atoms with Gasteiger partial charge in [0, 0.05) is 25.4 Å². The molecule has 8 heteroatoms. The van der Waals surface area contributed by atoms with Gasteiger partial charge in [0.25, 0.3) is 0 Å². The summed E-state index contributed by atoms with van der Waals surface area (Å²) in [5.41, 5.74) is 0.928. The van der Waals surface area contributed by atoms with Crippen LogP contribution in [-0.4, -0.2) is 64.2 Å². The van der Waals surface area contributed by atoms with Crippen LogP contribution in [0, 0.1) is 0 Å². The first kappa shape index (κ1) is 18.7. The maximum absolute atomic E-state index is 12.6. The molecule has 1 saturated heterocycles. The number of nitrogens with zero attached hydrogens (tertiary/aromatic N) is 4. The summed E-state index contributed by atoms with van der Waals surface area (Å²) in [4.78, 5) is 14.4. The average Bonchev–Trinajstić information content (AvgIpc) is 3.36. The van der Waals surface area contributed by atoms with E-state index in [0.29, 0.717) is 24.0 Å². The van der Waals surface area contributed by atoms with E-state index in [1.807, 2.05) is 40.7 Å². The summed E-state index contributed by atoms with van der Waals surface area (Å²) in [6, 6.07) is 7.64. The number of hydrogen-bond acceptors (Lipinski definition) is 6. The lowest BCUT2D eigenvalue weighted by atomic mass is 10.2. The number of amides is 1. The maximum Gasteiger partial charge on any atom is 0.233 e. The zero-order valence-electron chi connectivity index (χ0n) is 15.1. The second-order valence-electron chi connectivity index (χ2n) is 6.04. The fourth-order valence-corrected chi connectivity index (χ4v) is 3.73. The minimum absolute atomic E-state index is 0.0947. The van der Waals surface area contributed by atoms with Crippen LogP contribution in [0.5, 0.6) is 5.75 Å². The smallest absolute Gasteiger partial charge is 0.233 e. The molecular weight excluding hydrogens is 352 g/mol. The summed E-state index contributed by atoms with van der Waals surface area (Å²) in [6.45, 7) is 4.15. The van der Waals surface area contributed by atoms with Crippen molar-refractivity contribution in [3.05, 3.63) is 30.6 Å². The SMILES string of the molecule is CCN(C[C@@H]1CCCO1)C(=O)CSc1nncn1-c1ccc(OC)cc1. The minimum atomic E-state index is 0.0947. The minimum Gasteiger partial charge on any atom is -0.497 e. The van der Waals surface area contributed by atoms with Crippen molar-refractivity contribution in [2.75, 3.05) is 32.6 Å². The molecule has 0 unspecified atom stereocenters. The van der Waals surface area contributed by atoms with Crippen molar-refractivity contribution in [3.63, 3.8) is 0 Å². The average molecular weight is 376 g/mol. The summed E-state index contributed by atoms with van der Waals surface area (Å²) in [6.07, 6.45) is 3.93. The lowest BCUT2D eigenvalue weighted by Gasteiger charge is -2.23. The number of methoxy groups -OCH3 is 1. The van der Waals surface area contributed by atoms with Crippen LogP contribution in [0.4, 0.5) is 0 Å². The Labute approximate surface area is 157 Å². The zero-order valence-corrected chi connectivity index (χ0v) is 15.9. The van der Waals surface area contributed by atoms with Gasteiger partial charge in [0.2, 0.25) is 5.91 Å². The Morgan fingerprint density at radius 1 is 1.42 bits per heavy atom. The quantitative estimate of drug-likeness (QED) is 0.659. The Morgan fingerprint density at radius 3 is 2.88 bits per heavy atom. The van der Waals surface area contributed by atoms with Gasteiger partial charge in [0.15, 0.2) is 5.16 Å². The molecule has 0 bridgehead atoms. The molecule has 1 atom stereocenters. The number of likely N-dealkylation sites (N-methyl/N-ethyl adjacent to an activating group) is 1. The summed E-state index contributed by atoms with van der Waals surface area (Å²) in [5, 5.41) is 8.82. The van der Waals surface area contributed by atoms with Gasteiger partial charge in [-0.25, -0.2) is 0 Å². The molecular formula is C18H24N4O3S. The molecule has 1 fully saturated rings. The molecule has 1 aliphatic heterocycles. The van der Waals surface area contributed by atoms with Gasteiger partial charge in [-0.1, -0.05) is 11.8 Å². The van der Waals surface area contributed by atoms with Gasteiger partial charge in [-0.15, -0.1) is 10.2 Å². The van der Waals surface area contributed by atoms with Crippen LogP contribution in [0.2, 0.25) is 0 Å². The molecule has 1 aromatic heterocycles. The molecule has 0 N–H and O–H groups in total. The Morgan fingerprint density at radius 2 is 2.23 bits per heavy atom. The Kier molecular flexibility index (Phi) is 6.51. The van der Waals surface area contributed by atoms with Gasteiger partial charge >= 0.3 is 0 Å².